The Bertz CT molecular complexity index is 3910. The van der Waals surface area contributed by atoms with Crippen LogP contribution in [0.5, 0.6) is 0 Å². The van der Waals surface area contributed by atoms with Gasteiger partial charge in [-0.3, -0.25) is 0 Å². The lowest BCUT2D eigenvalue weighted by Gasteiger charge is -2.32. The Morgan fingerprint density at radius 3 is 1.51 bits per heavy atom. The second-order valence-electron chi connectivity index (χ2n) is 20.5. The highest BCUT2D eigenvalue weighted by atomic mass is 32.1. The first kappa shape index (κ1) is 42.6. The van der Waals surface area contributed by atoms with Crippen molar-refractivity contribution < 1.29 is 4.42 Å². The first-order valence-electron chi connectivity index (χ1n) is 24.1. The van der Waals surface area contributed by atoms with Gasteiger partial charge in [0.2, 0.25) is 0 Å². The van der Waals surface area contributed by atoms with Crippen molar-refractivity contribution in [3.05, 3.63) is 223 Å². The van der Waals surface area contributed by atoms with E-state index in [1.807, 2.05) is 17.4 Å². The molecule has 334 valence electrons. The van der Waals surface area contributed by atoms with E-state index in [0.717, 1.165) is 55.7 Å². The number of nitrogens with zero attached hydrogens (tertiary/aromatic N) is 1. The molecule has 12 rings (SSSR count). The lowest BCUT2D eigenvalue weighted by atomic mass is 9.78. The van der Waals surface area contributed by atoms with Crippen LogP contribution in [-0.2, 0) is 10.8 Å². The number of thiophene rings is 1. The van der Waals surface area contributed by atoms with Gasteiger partial charge in [0.15, 0.2) is 0 Å². The molecule has 2 aromatic heterocycles. The summed E-state index contributed by atoms with van der Waals surface area (Å²) in [5, 5.41) is 7.24. The highest BCUT2D eigenvalue weighted by Crippen LogP contribution is 2.51. The molecule has 0 saturated heterocycles. The molecule has 0 aliphatic rings. The maximum atomic E-state index is 6.36. The van der Waals surface area contributed by atoms with E-state index in [2.05, 4.69) is 253 Å². The first-order valence-corrected chi connectivity index (χ1v) is 24.9. The highest BCUT2D eigenvalue weighted by molar-refractivity contribution is 7.25. The van der Waals surface area contributed by atoms with Gasteiger partial charge in [0.1, 0.15) is 11.2 Å². The van der Waals surface area contributed by atoms with Crippen LogP contribution in [-0.4, -0.2) is 0 Å². The van der Waals surface area contributed by atoms with Crippen molar-refractivity contribution in [2.75, 3.05) is 4.90 Å². The zero-order valence-corrected chi connectivity index (χ0v) is 40.8. The van der Waals surface area contributed by atoms with Gasteiger partial charge in [0.25, 0.3) is 0 Å². The second kappa shape index (κ2) is 16.5. The minimum absolute atomic E-state index is 0.0216. The Hall–Kier alpha value is -7.72. The maximum Gasteiger partial charge on any atom is 0.135 e. The second-order valence-corrected chi connectivity index (χ2v) is 21.6. The molecule has 0 fully saturated rings. The molecule has 2 nitrogen and oxygen atoms in total. The number of benzene rings is 10. The van der Waals surface area contributed by atoms with Crippen molar-refractivity contribution in [2.45, 2.75) is 52.4 Å². The van der Waals surface area contributed by atoms with Gasteiger partial charge in [0.05, 0.1) is 17.1 Å². The van der Waals surface area contributed by atoms with Gasteiger partial charge < -0.3 is 9.32 Å². The molecule has 0 aliphatic heterocycles. The Morgan fingerprint density at radius 1 is 0.348 bits per heavy atom. The number of rotatable bonds is 7. The Balaban J connectivity index is 1.15. The van der Waals surface area contributed by atoms with Crippen LogP contribution in [0.4, 0.5) is 17.1 Å². The van der Waals surface area contributed by atoms with Gasteiger partial charge >= 0.3 is 0 Å². The van der Waals surface area contributed by atoms with E-state index in [0.29, 0.717) is 0 Å². The average molecular weight is 908 g/mol. The number of furan rings is 1. The summed E-state index contributed by atoms with van der Waals surface area (Å²) in [4.78, 5) is 2.53. The zero-order valence-electron chi connectivity index (χ0n) is 40.0. The molecule has 2 heterocycles. The van der Waals surface area contributed by atoms with E-state index in [1.165, 1.54) is 69.9 Å². The van der Waals surface area contributed by atoms with Crippen molar-refractivity contribution in [1.29, 1.82) is 0 Å². The van der Waals surface area contributed by atoms with Crippen molar-refractivity contribution >= 4 is 81.3 Å². The predicted octanol–water partition coefficient (Wildman–Crippen LogP) is 19.8. The largest absolute Gasteiger partial charge is 0.456 e. The summed E-state index contributed by atoms with van der Waals surface area (Å²) in [7, 11) is 0. The first-order chi connectivity index (χ1) is 33.5. The third kappa shape index (κ3) is 7.41. The van der Waals surface area contributed by atoms with Gasteiger partial charge in [-0.2, -0.15) is 0 Å². The molecule has 12 aromatic rings. The highest BCUT2D eigenvalue weighted by Gasteiger charge is 2.27. The van der Waals surface area contributed by atoms with Crippen LogP contribution >= 0.6 is 11.3 Å². The van der Waals surface area contributed by atoms with Crippen LogP contribution in [0.1, 0.15) is 52.7 Å². The van der Waals surface area contributed by atoms with E-state index in [9.17, 15) is 0 Å². The predicted molar refractivity (Wildman–Crippen MR) is 298 cm³/mol. The molecule has 0 aliphatic carbocycles. The lowest BCUT2D eigenvalue weighted by molar-refractivity contribution is 0.569. The molecule has 0 unspecified atom stereocenters. The van der Waals surface area contributed by atoms with E-state index in [1.54, 1.807) is 0 Å². The summed E-state index contributed by atoms with van der Waals surface area (Å²) >= 11 is 1.86. The molecule has 69 heavy (non-hydrogen) atoms. The van der Waals surface area contributed by atoms with Crippen molar-refractivity contribution in [2.24, 2.45) is 0 Å². The molecule has 0 bridgehead atoms. The van der Waals surface area contributed by atoms with E-state index in [4.69, 9.17) is 4.42 Å². The smallest absolute Gasteiger partial charge is 0.135 e. The third-order valence-electron chi connectivity index (χ3n) is 14.0. The molecule has 0 spiro atoms. The normalized spacial score (nSPS) is 12.2. The molecule has 0 amide bonds. The third-order valence-corrected chi connectivity index (χ3v) is 15.1. The maximum absolute atomic E-state index is 6.36. The van der Waals surface area contributed by atoms with Gasteiger partial charge in [0, 0.05) is 47.6 Å². The van der Waals surface area contributed by atoms with Crippen molar-refractivity contribution in [1.82, 2.24) is 0 Å². The van der Waals surface area contributed by atoms with Crippen LogP contribution in [0, 0.1) is 0 Å². The number of hydrogen-bond acceptors (Lipinski definition) is 3. The fraction of sp³-hybridized carbons (Fsp3) is 0.121. The molecule has 0 N–H and O–H groups in total. The summed E-state index contributed by atoms with van der Waals surface area (Å²) in [6, 6.07) is 78.5. The van der Waals surface area contributed by atoms with Gasteiger partial charge in [-0.15, -0.1) is 11.3 Å². The van der Waals surface area contributed by atoms with Crippen LogP contribution in [0.15, 0.2) is 217 Å². The van der Waals surface area contributed by atoms with Crippen LogP contribution in [0.25, 0.3) is 97.4 Å². The molecular weight excluding hydrogens is 855 g/mol. The van der Waals surface area contributed by atoms with E-state index in [-0.39, 0.29) is 10.8 Å². The average Bonchev–Trinajstić information content (AvgIpc) is 3.94. The zero-order chi connectivity index (χ0) is 47.0. The number of para-hydroxylation sites is 4. The Kier molecular flexibility index (Phi) is 10.2. The summed E-state index contributed by atoms with van der Waals surface area (Å²) in [6.45, 7) is 13.9. The number of anilines is 3. The van der Waals surface area contributed by atoms with E-state index < -0.39 is 0 Å². The van der Waals surface area contributed by atoms with Crippen molar-refractivity contribution in [3.8, 4) is 44.5 Å². The monoisotopic (exact) mass is 907 g/mol. The summed E-state index contributed by atoms with van der Waals surface area (Å²) in [6.07, 6.45) is 0. The molecule has 3 heteroatoms. The molecule has 0 radical (unpaired) electrons. The van der Waals surface area contributed by atoms with Crippen LogP contribution in [0.3, 0.4) is 0 Å². The molecular formula is C66H53NOS. The molecule has 0 atom stereocenters. The fourth-order valence-corrected chi connectivity index (χ4v) is 11.6. The van der Waals surface area contributed by atoms with Gasteiger partial charge in [-0.25, -0.2) is 0 Å². The topological polar surface area (TPSA) is 16.4 Å². The Morgan fingerprint density at radius 2 is 0.841 bits per heavy atom. The van der Waals surface area contributed by atoms with Gasteiger partial charge in [-0.1, -0.05) is 205 Å². The van der Waals surface area contributed by atoms with Crippen molar-refractivity contribution in [3.63, 3.8) is 0 Å². The quantitative estimate of drug-likeness (QED) is 0.158. The minimum atomic E-state index is -0.0216. The van der Waals surface area contributed by atoms with Crippen LogP contribution < -0.4 is 4.90 Å². The van der Waals surface area contributed by atoms with Gasteiger partial charge in [-0.05, 0) is 109 Å². The van der Waals surface area contributed by atoms with Crippen LogP contribution in [0.2, 0.25) is 0 Å². The lowest BCUT2D eigenvalue weighted by Crippen LogP contribution is -2.16. The van der Waals surface area contributed by atoms with E-state index >= 15 is 0 Å². The molecule has 10 aromatic carbocycles. The standard InChI is InChI=1S/C66H53NOS/c1-65(2,3)45-38-44(39-46(41-45)66(4,5)6)48-27-17-20-42-21-18-28-52(63(42)48)49-23-8-13-31-57(49)67(56-30-12-7-22-47(56)43-36-37-60-55(40-43)51-25-10-15-33-59(51)68-60)58-32-14-9-24-50(58)53-29-19-35-62-64(53)54-26-11-16-34-61(54)69-62/h7-41H,1-6H3. The number of fused-ring (bicyclic) bond motifs is 7. The Labute approximate surface area is 408 Å². The summed E-state index contributed by atoms with van der Waals surface area (Å²) in [5.74, 6) is 0. The fourth-order valence-electron chi connectivity index (χ4n) is 10.4. The SMILES string of the molecule is CC(C)(C)c1cc(-c2cccc3cccc(-c4ccccc4N(c4ccccc4-c4ccc5oc6ccccc6c5c4)c4ccccc4-c4cccc5sc6ccccc6c45)c23)cc(C(C)(C)C)c1. The molecule has 0 saturated carbocycles. The minimum Gasteiger partial charge on any atom is -0.456 e. The number of hydrogen-bond donors (Lipinski definition) is 0. The summed E-state index contributed by atoms with van der Waals surface area (Å²) in [5.41, 5.74) is 17.1. The summed E-state index contributed by atoms with van der Waals surface area (Å²) < 4.78 is 8.94.